The Labute approximate surface area is 176 Å². The number of hydrogen-bond donors (Lipinski definition) is 0. The molecule has 0 radical (unpaired) electrons. The zero-order valence-electron chi connectivity index (χ0n) is 19.2. The van der Waals surface area contributed by atoms with Crippen molar-refractivity contribution in [1.29, 1.82) is 0 Å². The summed E-state index contributed by atoms with van der Waals surface area (Å²) in [6.07, 6.45) is 4.04. The van der Waals surface area contributed by atoms with Gasteiger partial charge in [0.25, 0.3) is 0 Å². The first-order valence-corrected chi connectivity index (χ1v) is 10.9. The Morgan fingerprint density at radius 2 is 2.03 bits per heavy atom. The lowest BCUT2D eigenvalue weighted by Crippen LogP contribution is -2.41. The van der Waals surface area contributed by atoms with E-state index >= 15 is 0 Å². The van der Waals surface area contributed by atoms with E-state index in [0.29, 0.717) is 17.8 Å². The summed E-state index contributed by atoms with van der Waals surface area (Å²) in [5.74, 6) is 2.98. The third kappa shape index (κ3) is 5.97. The Hall–Kier alpha value is -2.04. The van der Waals surface area contributed by atoms with Crippen molar-refractivity contribution in [1.82, 2.24) is 0 Å². The van der Waals surface area contributed by atoms with Crippen molar-refractivity contribution in [2.75, 3.05) is 25.6 Å². The Balaban J connectivity index is 2.24. The first-order valence-electron chi connectivity index (χ1n) is 10.9. The lowest BCUT2D eigenvalue weighted by Gasteiger charge is -2.37. The molecule has 162 valence electrons. The molecule has 0 aliphatic heterocycles. The number of carbonyl (C=O) groups is 1. The molecule has 2 rings (SSSR count). The number of amidine groups is 1. The molecule has 0 heterocycles. The predicted molar refractivity (Wildman–Crippen MR) is 120 cm³/mol. The number of benzene rings is 1. The van der Waals surface area contributed by atoms with Crippen LogP contribution in [0.2, 0.25) is 0 Å². The largest absolute Gasteiger partial charge is 0.497 e. The molecule has 5 heteroatoms. The maximum atomic E-state index is 13.0. The van der Waals surface area contributed by atoms with Crippen molar-refractivity contribution < 1.29 is 14.3 Å². The van der Waals surface area contributed by atoms with Crippen LogP contribution in [0.1, 0.15) is 58.9 Å². The molecule has 0 spiro atoms. The van der Waals surface area contributed by atoms with Crippen LogP contribution in [-0.4, -0.2) is 38.6 Å². The molecule has 3 atom stereocenters. The minimum Gasteiger partial charge on any atom is -0.497 e. The smallest absolute Gasteiger partial charge is 0.326 e. The highest BCUT2D eigenvalue weighted by atomic mass is 16.5. The molecule has 1 aromatic carbocycles. The first-order chi connectivity index (χ1) is 13.8. The number of ether oxygens (including phenoxy) is 2. The number of esters is 1. The van der Waals surface area contributed by atoms with Crippen molar-refractivity contribution >= 4 is 17.5 Å². The van der Waals surface area contributed by atoms with E-state index in [2.05, 4.69) is 25.8 Å². The number of methoxy groups -OCH3 is 1. The van der Waals surface area contributed by atoms with Gasteiger partial charge >= 0.3 is 5.97 Å². The number of rotatable bonds is 7. The number of aliphatic imine (C=N–C) groups is 1. The zero-order chi connectivity index (χ0) is 21.6. The Bertz CT molecular complexity index is 714. The highest BCUT2D eigenvalue weighted by Gasteiger charge is 2.34. The minimum absolute atomic E-state index is 0.00292. The van der Waals surface area contributed by atoms with E-state index < -0.39 is 0 Å². The molecule has 1 fully saturated rings. The summed E-state index contributed by atoms with van der Waals surface area (Å²) in [5.41, 5.74) is 2.00. The van der Waals surface area contributed by atoms with Crippen LogP contribution in [-0.2, 0) is 9.53 Å². The van der Waals surface area contributed by atoms with Crippen molar-refractivity contribution in [2.24, 2.45) is 22.7 Å². The van der Waals surface area contributed by atoms with Gasteiger partial charge in [-0.05, 0) is 49.1 Å². The van der Waals surface area contributed by atoms with Crippen molar-refractivity contribution in [3.8, 4) is 5.75 Å². The normalized spacial score (nSPS) is 22.5. The molecular formula is C24H38N2O3. The second-order valence-corrected chi connectivity index (χ2v) is 8.59. The van der Waals surface area contributed by atoms with Gasteiger partial charge in [-0.3, -0.25) is 9.79 Å². The molecule has 0 N–H and O–H groups in total. The topological polar surface area (TPSA) is 51.1 Å². The molecule has 1 aromatic rings. The highest BCUT2D eigenvalue weighted by molar-refractivity contribution is 6.01. The molecule has 29 heavy (non-hydrogen) atoms. The molecule has 1 saturated carbocycles. The summed E-state index contributed by atoms with van der Waals surface area (Å²) in [4.78, 5) is 19.4. The second-order valence-electron chi connectivity index (χ2n) is 8.59. The standard InChI is InChI=1S/C24H38N2O3/c1-8-23(25-6)26(21-14-19(28-7)11-10-18(21)5)15-24(27)29-22-13-17(4)9-12-20(22)16(2)3/h10-11,14,16-17,20,22H,8-9,12-13,15H2,1-7H3/t17-,20+,22-/m1/s1. The summed E-state index contributed by atoms with van der Waals surface area (Å²) in [6, 6.07) is 5.90. The van der Waals surface area contributed by atoms with Gasteiger partial charge in [0, 0.05) is 25.2 Å². The zero-order valence-corrected chi connectivity index (χ0v) is 19.2. The molecule has 5 nitrogen and oxygen atoms in total. The van der Waals surface area contributed by atoms with Gasteiger partial charge in [0.15, 0.2) is 0 Å². The number of aryl methyl sites for hydroxylation is 1. The predicted octanol–water partition coefficient (Wildman–Crippen LogP) is 5.25. The van der Waals surface area contributed by atoms with Crippen LogP contribution < -0.4 is 9.64 Å². The average Bonchev–Trinajstić information content (AvgIpc) is 2.68. The Kier molecular flexibility index (Phi) is 8.54. The molecule has 1 aliphatic carbocycles. The molecule has 0 bridgehead atoms. The van der Waals surface area contributed by atoms with E-state index in [1.165, 1.54) is 6.42 Å². The second kappa shape index (κ2) is 10.7. The van der Waals surface area contributed by atoms with Gasteiger partial charge in [-0.25, -0.2) is 0 Å². The monoisotopic (exact) mass is 402 g/mol. The molecule has 0 saturated heterocycles. The van der Waals surface area contributed by atoms with E-state index in [1.54, 1.807) is 14.2 Å². The summed E-state index contributed by atoms with van der Waals surface area (Å²) < 4.78 is 11.5. The number of carbonyl (C=O) groups excluding carboxylic acids is 1. The van der Waals surface area contributed by atoms with E-state index in [-0.39, 0.29) is 18.6 Å². The highest BCUT2D eigenvalue weighted by Crippen LogP contribution is 2.35. The third-order valence-corrected chi connectivity index (χ3v) is 6.12. The molecule has 0 aromatic heterocycles. The molecule has 0 unspecified atom stereocenters. The molecule has 1 aliphatic rings. The SMILES string of the molecule is CCC(=NC)N(CC(=O)O[C@@H]1C[C@H](C)CC[C@H]1C(C)C)c1cc(OC)ccc1C. The summed E-state index contributed by atoms with van der Waals surface area (Å²) >= 11 is 0. The Morgan fingerprint density at radius 1 is 1.31 bits per heavy atom. The fraction of sp³-hybridized carbons (Fsp3) is 0.667. The van der Waals surface area contributed by atoms with Gasteiger partial charge in [0.05, 0.1) is 7.11 Å². The van der Waals surface area contributed by atoms with Crippen LogP contribution in [0, 0.1) is 24.7 Å². The first kappa shape index (κ1) is 23.2. The van der Waals surface area contributed by atoms with Gasteiger partial charge in [0.2, 0.25) is 0 Å². The fourth-order valence-electron chi connectivity index (χ4n) is 4.38. The third-order valence-electron chi connectivity index (χ3n) is 6.12. The summed E-state index contributed by atoms with van der Waals surface area (Å²) in [6.45, 7) is 11.0. The van der Waals surface area contributed by atoms with E-state index in [1.807, 2.05) is 36.9 Å². The van der Waals surface area contributed by atoms with Crippen molar-refractivity contribution in [2.45, 2.75) is 66.4 Å². The van der Waals surface area contributed by atoms with Crippen LogP contribution in [0.25, 0.3) is 0 Å². The maximum Gasteiger partial charge on any atom is 0.326 e. The van der Waals surface area contributed by atoms with E-state index in [4.69, 9.17) is 9.47 Å². The van der Waals surface area contributed by atoms with Crippen LogP contribution in [0.15, 0.2) is 23.2 Å². The maximum absolute atomic E-state index is 13.0. The summed E-state index contributed by atoms with van der Waals surface area (Å²) in [7, 11) is 3.42. The van der Waals surface area contributed by atoms with Crippen LogP contribution >= 0.6 is 0 Å². The molecule has 0 amide bonds. The number of anilines is 1. The number of nitrogens with zero attached hydrogens (tertiary/aromatic N) is 2. The van der Waals surface area contributed by atoms with Crippen molar-refractivity contribution in [3.63, 3.8) is 0 Å². The van der Waals surface area contributed by atoms with E-state index in [0.717, 1.165) is 42.1 Å². The quantitative estimate of drug-likeness (QED) is 0.355. The Morgan fingerprint density at radius 3 is 2.62 bits per heavy atom. The van der Waals surface area contributed by atoms with Gasteiger partial charge in [-0.2, -0.15) is 0 Å². The van der Waals surface area contributed by atoms with Gasteiger partial charge < -0.3 is 14.4 Å². The van der Waals surface area contributed by atoms with Crippen LogP contribution in [0.4, 0.5) is 5.69 Å². The molecular weight excluding hydrogens is 364 g/mol. The van der Waals surface area contributed by atoms with Gasteiger partial charge in [-0.15, -0.1) is 0 Å². The van der Waals surface area contributed by atoms with E-state index in [9.17, 15) is 4.79 Å². The number of hydrogen-bond acceptors (Lipinski definition) is 4. The van der Waals surface area contributed by atoms with Gasteiger partial charge in [-0.1, -0.05) is 40.2 Å². The lowest BCUT2D eigenvalue weighted by molar-refractivity contribution is -0.154. The van der Waals surface area contributed by atoms with Gasteiger partial charge in [0.1, 0.15) is 24.2 Å². The minimum atomic E-state index is -0.188. The lowest BCUT2D eigenvalue weighted by atomic mass is 9.75. The summed E-state index contributed by atoms with van der Waals surface area (Å²) in [5, 5.41) is 0. The average molecular weight is 403 g/mol. The van der Waals surface area contributed by atoms with Crippen LogP contribution in [0.5, 0.6) is 5.75 Å². The van der Waals surface area contributed by atoms with Crippen LogP contribution in [0.3, 0.4) is 0 Å². The van der Waals surface area contributed by atoms with Crippen molar-refractivity contribution in [3.05, 3.63) is 23.8 Å². The fourth-order valence-corrected chi connectivity index (χ4v) is 4.38.